The predicted octanol–water partition coefficient (Wildman–Crippen LogP) is 4.89. The van der Waals surface area contributed by atoms with E-state index in [-0.39, 0.29) is 5.56 Å². The van der Waals surface area contributed by atoms with Crippen LogP contribution in [0.1, 0.15) is 15.9 Å². The van der Waals surface area contributed by atoms with Crippen LogP contribution in [0.2, 0.25) is 10.0 Å². The standard InChI is InChI=1S/C19H15Cl2N3O3/c1-26-19(25)14-9-22-23-10-17(14)24-13-7-15(20)18(16(21)8-13)27-11-12-5-3-2-4-6-12/h2-10H,11H2,1H3,(H,22,24). The first-order chi connectivity index (χ1) is 13.1. The van der Waals surface area contributed by atoms with E-state index in [9.17, 15) is 4.79 Å². The lowest BCUT2D eigenvalue weighted by atomic mass is 10.2. The molecule has 0 saturated heterocycles. The van der Waals surface area contributed by atoms with E-state index in [0.717, 1.165) is 5.56 Å². The summed E-state index contributed by atoms with van der Waals surface area (Å²) < 4.78 is 10.5. The van der Waals surface area contributed by atoms with E-state index < -0.39 is 5.97 Å². The summed E-state index contributed by atoms with van der Waals surface area (Å²) in [4.78, 5) is 11.8. The topological polar surface area (TPSA) is 73.3 Å². The maximum Gasteiger partial charge on any atom is 0.341 e. The molecule has 2 aromatic carbocycles. The molecule has 0 bridgehead atoms. The zero-order chi connectivity index (χ0) is 19.2. The normalized spacial score (nSPS) is 10.3. The molecule has 8 heteroatoms. The van der Waals surface area contributed by atoms with Gasteiger partial charge in [0.1, 0.15) is 12.2 Å². The molecule has 3 aromatic rings. The van der Waals surface area contributed by atoms with Crippen molar-refractivity contribution < 1.29 is 14.3 Å². The number of benzene rings is 2. The number of aromatic nitrogens is 2. The maximum atomic E-state index is 11.8. The zero-order valence-corrected chi connectivity index (χ0v) is 15.8. The molecular formula is C19H15Cl2N3O3. The van der Waals surface area contributed by atoms with Gasteiger partial charge in [0, 0.05) is 5.69 Å². The minimum atomic E-state index is -0.535. The molecule has 0 unspecified atom stereocenters. The number of methoxy groups -OCH3 is 1. The molecule has 0 aliphatic carbocycles. The van der Waals surface area contributed by atoms with Gasteiger partial charge in [-0.15, -0.1) is 0 Å². The Morgan fingerprint density at radius 1 is 1.07 bits per heavy atom. The number of hydrogen-bond acceptors (Lipinski definition) is 6. The summed E-state index contributed by atoms with van der Waals surface area (Å²) >= 11 is 12.7. The molecule has 1 heterocycles. The van der Waals surface area contributed by atoms with E-state index in [1.54, 1.807) is 12.1 Å². The van der Waals surface area contributed by atoms with E-state index in [2.05, 4.69) is 15.5 Å². The van der Waals surface area contributed by atoms with Gasteiger partial charge in [0.15, 0.2) is 5.75 Å². The number of nitrogens with zero attached hydrogens (tertiary/aromatic N) is 2. The summed E-state index contributed by atoms with van der Waals surface area (Å²) in [5.74, 6) is -0.152. The number of carbonyl (C=O) groups excluding carboxylic acids is 1. The molecule has 138 valence electrons. The van der Waals surface area contributed by atoms with Gasteiger partial charge < -0.3 is 14.8 Å². The van der Waals surface area contributed by atoms with Crippen molar-refractivity contribution in [2.45, 2.75) is 6.61 Å². The molecule has 0 aliphatic heterocycles. The van der Waals surface area contributed by atoms with E-state index >= 15 is 0 Å². The fourth-order valence-electron chi connectivity index (χ4n) is 2.35. The van der Waals surface area contributed by atoms with Crippen molar-refractivity contribution in [1.29, 1.82) is 0 Å². The monoisotopic (exact) mass is 403 g/mol. The van der Waals surface area contributed by atoms with Crippen molar-refractivity contribution in [2.75, 3.05) is 12.4 Å². The van der Waals surface area contributed by atoms with Gasteiger partial charge in [0.25, 0.3) is 0 Å². The first-order valence-electron chi connectivity index (χ1n) is 7.90. The van der Waals surface area contributed by atoms with Crippen molar-refractivity contribution in [3.8, 4) is 5.75 Å². The van der Waals surface area contributed by atoms with Crippen LogP contribution in [0.5, 0.6) is 5.75 Å². The first-order valence-corrected chi connectivity index (χ1v) is 8.66. The number of nitrogens with one attached hydrogen (secondary N) is 1. The number of halogens is 2. The average Bonchev–Trinajstić information content (AvgIpc) is 2.68. The van der Waals surface area contributed by atoms with Gasteiger partial charge in [0.05, 0.1) is 35.2 Å². The summed E-state index contributed by atoms with van der Waals surface area (Å²) in [6, 6.07) is 13.0. The van der Waals surface area contributed by atoms with Crippen molar-refractivity contribution >= 4 is 40.5 Å². The Morgan fingerprint density at radius 2 is 1.74 bits per heavy atom. The average molecular weight is 404 g/mol. The quantitative estimate of drug-likeness (QED) is 0.590. The third-order valence-corrected chi connectivity index (χ3v) is 4.20. The molecule has 0 amide bonds. The lowest BCUT2D eigenvalue weighted by Gasteiger charge is -2.14. The van der Waals surface area contributed by atoms with Gasteiger partial charge >= 0.3 is 5.97 Å². The lowest BCUT2D eigenvalue weighted by Crippen LogP contribution is -2.07. The summed E-state index contributed by atoms with van der Waals surface area (Å²) in [6.45, 7) is 0.341. The molecule has 6 nitrogen and oxygen atoms in total. The van der Waals surface area contributed by atoms with Crippen LogP contribution in [0.25, 0.3) is 0 Å². The minimum Gasteiger partial charge on any atom is -0.486 e. The van der Waals surface area contributed by atoms with E-state index in [0.29, 0.717) is 33.8 Å². The molecular weight excluding hydrogens is 389 g/mol. The predicted molar refractivity (Wildman–Crippen MR) is 104 cm³/mol. The van der Waals surface area contributed by atoms with Crippen LogP contribution >= 0.6 is 23.2 Å². The van der Waals surface area contributed by atoms with E-state index in [1.165, 1.54) is 19.5 Å². The third kappa shape index (κ3) is 4.67. The van der Waals surface area contributed by atoms with Crippen LogP contribution in [0.15, 0.2) is 54.9 Å². The second-order valence-corrected chi connectivity index (χ2v) is 6.29. The van der Waals surface area contributed by atoms with E-state index in [4.69, 9.17) is 32.7 Å². The third-order valence-electron chi connectivity index (χ3n) is 3.64. The lowest BCUT2D eigenvalue weighted by molar-refractivity contribution is 0.0601. The highest BCUT2D eigenvalue weighted by Crippen LogP contribution is 2.37. The smallest absolute Gasteiger partial charge is 0.341 e. The highest BCUT2D eigenvalue weighted by Gasteiger charge is 2.15. The Balaban J connectivity index is 1.80. The molecule has 1 aromatic heterocycles. The van der Waals surface area contributed by atoms with Crippen molar-refractivity contribution in [3.63, 3.8) is 0 Å². The summed E-state index contributed by atoms with van der Waals surface area (Å²) in [6.07, 6.45) is 2.72. The van der Waals surface area contributed by atoms with Crippen LogP contribution in [0.3, 0.4) is 0 Å². The largest absolute Gasteiger partial charge is 0.486 e. The fourth-order valence-corrected chi connectivity index (χ4v) is 2.94. The summed E-state index contributed by atoms with van der Waals surface area (Å²) in [7, 11) is 1.29. The van der Waals surface area contributed by atoms with Gasteiger partial charge in [-0.1, -0.05) is 53.5 Å². The van der Waals surface area contributed by atoms with E-state index in [1.807, 2.05) is 30.3 Å². The number of rotatable bonds is 6. The SMILES string of the molecule is COC(=O)c1cnncc1Nc1cc(Cl)c(OCc2ccccc2)c(Cl)c1. The van der Waals surface area contributed by atoms with Gasteiger partial charge in [-0.25, -0.2) is 4.79 Å². The summed E-state index contributed by atoms with van der Waals surface area (Å²) in [5.41, 5.74) is 2.22. The van der Waals surface area contributed by atoms with Gasteiger partial charge in [-0.05, 0) is 17.7 Å². The molecule has 1 N–H and O–H groups in total. The first kappa shape index (κ1) is 18.9. The number of ether oxygens (including phenoxy) is 2. The van der Waals surface area contributed by atoms with Crippen LogP contribution in [0, 0.1) is 0 Å². The molecule has 27 heavy (non-hydrogen) atoms. The number of hydrogen-bond donors (Lipinski definition) is 1. The Kier molecular flexibility index (Phi) is 6.11. The molecule has 0 radical (unpaired) electrons. The molecule has 0 fully saturated rings. The molecule has 0 spiro atoms. The fraction of sp³-hybridized carbons (Fsp3) is 0.105. The summed E-state index contributed by atoms with van der Waals surface area (Å²) in [5, 5.41) is 11.2. The minimum absolute atomic E-state index is 0.240. The van der Waals surface area contributed by atoms with Crippen LogP contribution in [0.4, 0.5) is 11.4 Å². The van der Waals surface area contributed by atoms with Crippen LogP contribution < -0.4 is 10.1 Å². The Morgan fingerprint density at radius 3 is 2.41 bits per heavy atom. The number of anilines is 2. The Bertz CT molecular complexity index is 929. The second kappa shape index (κ2) is 8.70. The molecule has 0 atom stereocenters. The Labute approximate surface area is 166 Å². The highest BCUT2D eigenvalue weighted by atomic mass is 35.5. The number of carbonyl (C=O) groups is 1. The second-order valence-electron chi connectivity index (χ2n) is 5.48. The molecule has 0 saturated carbocycles. The van der Waals surface area contributed by atoms with Gasteiger partial charge in [-0.2, -0.15) is 10.2 Å². The van der Waals surface area contributed by atoms with Gasteiger partial charge in [-0.3, -0.25) is 0 Å². The van der Waals surface area contributed by atoms with Crippen molar-refractivity contribution in [3.05, 3.63) is 76.0 Å². The van der Waals surface area contributed by atoms with Crippen molar-refractivity contribution in [1.82, 2.24) is 10.2 Å². The van der Waals surface area contributed by atoms with Crippen LogP contribution in [-0.2, 0) is 11.3 Å². The molecule has 3 rings (SSSR count). The maximum absolute atomic E-state index is 11.8. The van der Waals surface area contributed by atoms with Gasteiger partial charge in [0.2, 0.25) is 0 Å². The van der Waals surface area contributed by atoms with Crippen molar-refractivity contribution in [2.24, 2.45) is 0 Å². The van der Waals surface area contributed by atoms with Crippen LogP contribution in [-0.4, -0.2) is 23.3 Å². The Hall–Kier alpha value is -2.83. The zero-order valence-electron chi connectivity index (χ0n) is 14.3. The highest BCUT2D eigenvalue weighted by molar-refractivity contribution is 6.37. The molecule has 0 aliphatic rings. The number of esters is 1.